The van der Waals surface area contributed by atoms with E-state index < -0.39 is 28.2 Å². The third kappa shape index (κ3) is 4.57. The number of rotatable bonds is 5. The number of aromatic nitrogens is 2. The number of aliphatic hydroxyl groups is 1. The van der Waals surface area contributed by atoms with E-state index in [1.54, 1.807) is 0 Å². The summed E-state index contributed by atoms with van der Waals surface area (Å²) in [7, 11) is 0. The molecule has 2 atom stereocenters. The average Bonchev–Trinajstić information content (AvgIpc) is 3.34. The SMILES string of the molecule is CC(CC1CCCCC1)C(=O)N1CCC(O)(Cn2cnc3cc(F)c(F)cc3c2=O)C2(CCCC2)C1. The first-order valence-electron chi connectivity index (χ1n) is 13.6. The van der Waals surface area contributed by atoms with Gasteiger partial charge in [-0.05, 0) is 37.7 Å². The van der Waals surface area contributed by atoms with E-state index in [-0.39, 0.29) is 29.3 Å². The molecule has 1 amide bonds. The molecule has 1 spiro atoms. The van der Waals surface area contributed by atoms with Gasteiger partial charge in [-0.3, -0.25) is 14.2 Å². The Morgan fingerprint density at radius 2 is 1.81 bits per heavy atom. The fourth-order valence-electron chi connectivity index (χ4n) is 7.17. The summed E-state index contributed by atoms with van der Waals surface area (Å²) in [5.41, 5.74) is -2.09. The van der Waals surface area contributed by atoms with Crippen LogP contribution in [-0.2, 0) is 11.3 Å². The first-order chi connectivity index (χ1) is 17.2. The number of piperidine rings is 1. The Morgan fingerprint density at radius 3 is 2.53 bits per heavy atom. The Balaban J connectivity index is 1.36. The number of nitrogens with zero attached hydrogens (tertiary/aromatic N) is 3. The standard InChI is InChI=1S/C28H37F2N3O3/c1-19(13-20-7-3-2-4-8-20)25(34)32-12-11-28(36,27(16-32)9-5-6-10-27)17-33-18-31-24-15-23(30)22(29)14-21(24)26(33)35/h14-15,18-20,36H,2-13,16-17H2,1H3. The van der Waals surface area contributed by atoms with E-state index in [0.717, 1.165) is 44.2 Å². The summed E-state index contributed by atoms with van der Waals surface area (Å²) in [5, 5.41) is 12.0. The number of hydrogen-bond donors (Lipinski definition) is 1. The molecule has 8 heteroatoms. The van der Waals surface area contributed by atoms with Crippen LogP contribution in [0, 0.1) is 28.9 Å². The summed E-state index contributed by atoms with van der Waals surface area (Å²) < 4.78 is 28.8. The summed E-state index contributed by atoms with van der Waals surface area (Å²) in [5.74, 6) is -1.37. The molecule has 3 fully saturated rings. The smallest absolute Gasteiger partial charge is 0.261 e. The summed E-state index contributed by atoms with van der Waals surface area (Å²) >= 11 is 0. The normalized spacial score (nSPS) is 25.5. The Bertz CT molecular complexity index is 1190. The summed E-state index contributed by atoms with van der Waals surface area (Å²) in [6, 6.07) is 1.79. The second kappa shape index (κ2) is 9.84. The third-order valence-corrected chi connectivity index (χ3v) is 9.28. The molecule has 0 bridgehead atoms. The van der Waals surface area contributed by atoms with E-state index in [1.807, 2.05) is 11.8 Å². The van der Waals surface area contributed by atoms with E-state index >= 15 is 0 Å². The average molecular weight is 502 g/mol. The van der Waals surface area contributed by atoms with Crippen molar-refractivity contribution in [2.24, 2.45) is 17.3 Å². The first kappa shape index (κ1) is 25.3. The highest BCUT2D eigenvalue weighted by Gasteiger charge is 2.55. The number of carbonyl (C=O) groups is 1. The van der Waals surface area contributed by atoms with Gasteiger partial charge in [-0.1, -0.05) is 51.9 Å². The van der Waals surface area contributed by atoms with Crippen molar-refractivity contribution in [3.05, 3.63) is 40.4 Å². The van der Waals surface area contributed by atoms with Gasteiger partial charge in [-0.25, -0.2) is 13.8 Å². The molecule has 1 aromatic heterocycles. The number of amides is 1. The van der Waals surface area contributed by atoms with Gasteiger partial charge < -0.3 is 10.0 Å². The third-order valence-electron chi connectivity index (χ3n) is 9.28. The molecular weight excluding hydrogens is 464 g/mol. The van der Waals surface area contributed by atoms with Gasteiger partial charge in [0.05, 0.1) is 29.4 Å². The molecular formula is C28H37F2N3O3. The zero-order valence-corrected chi connectivity index (χ0v) is 21.1. The predicted molar refractivity (Wildman–Crippen MR) is 133 cm³/mol. The van der Waals surface area contributed by atoms with E-state index in [2.05, 4.69) is 4.98 Å². The van der Waals surface area contributed by atoms with Crippen LogP contribution in [0.4, 0.5) is 8.78 Å². The van der Waals surface area contributed by atoms with Gasteiger partial charge >= 0.3 is 0 Å². The number of benzene rings is 1. The van der Waals surface area contributed by atoms with Crippen molar-refractivity contribution in [1.82, 2.24) is 14.5 Å². The summed E-state index contributed by atoms with van der Waals surface area (Å²) in [4.78, 5) is 32.7. The van der Waals surface area contributed by atoms with Crippen molar-refractivity contribution in [3.63, 3.8) is 0 Å². The fourth-order valence-corrected chi connectivity index (χ4v) is 7.17. The molecule has 0 radical (unpaired) electrons. The molecule has 1 saturated heterocycles. The Kier molecular flexibility index (Phi) is 6.92. The lowest BCUT2D eigenvalue weighted by molar-refractivity contribution is -0.163. The van der Waals surface area contributed by atoms with Crippen LogP contribution in [0.15, 0.2) is 23.3 Å². The molecule has 6 nitrogen and oxygen atoms in total. The number of likely N-dealkylation sites (tertiary alicyclic amines) is 1. The van der Waals surface area contributed by atoms with Crippen LogP contribution in [0.25, 0.3) is 10.9 Å². The summed E-state index contributed by atoms with van der Waals surface area (Å²) in [6.07, 6.45) is 12.4. The molecule has 196 valence electrons. The molecule has 2 heterocycles. The second-order valence-corrected chi connectivity index (χ2v) is 11.6. The second-order valence-electron chi connectivity index (χ2n) is 11.6. The minimum atomic E-state index is -1.19. The molecule has 3 aliphatic rings. The van der Waals surface area contributed by atoms with E-state index in [0.29, 0.717) is 25.4 Å². The van der Waals surface area contributed by atoms with Crippen LogP contribution in [0.2, 0.25) is 0 Å². The largest absolute Gasteiger partial charge is 0.387 e. The monoisotopic (exact) mass is 501 g/mol. The number of carbonyl (C=O) groups excluding carboxylic acids is 1. The molecule has 2 aromatic rings. The van der Waals surface area contributed by atoms with Crippen molar-refractivity contribution in [3.8, 4) is 0 Å². The van der Waals surface area contributed by atoms with Gasteiger partial charge in [0.1, 0.15) is 0 Å². The van der Waals surface area contributed by atoms with Gasteiger partial charge in [-0.2, -0.15) is 0 Å². The van der Waals surface area contributed by atoms with Crippen molar-refractivity contribution in [2.45, 2.75) is 89.7 Å². The highest BCUT2D eigenvalue weighted by molar-refractivity contribution is 5.79. The molecule has 2 aliphatic carbocycles. The molecule has 1 aromatic carbocycles. The fraction of sp³-hybridized carbons (Fsp3) is 0.679. The molecule has 5 rings (SSSR count). The van der Waals surface area contributed by atoms with Crippen molar-refractivity contribution in [1.29, 1.82) is 0 Å². The Labute approximate surface area is 210 Å². The molecule has 1 aliphatic heterocycles. The first-order valence-corrected chi connectivity index (χ1v) is 13.6. The van der Waals surface area contributed by atoms with Crippen molar-refractivity contribution >= 4 is 16.8 Å². The highest BCUT2D eigenvalue weighted by Crippen LogP contribution is 2.51. The molecule has 36 heavy (non-hydrogen) atoms. The number of hydrogen-bond acceptors (Lipinski definition) is 4. The van der Waals surface area contributed by atoms with Crippen LogP contribution in [0.1, 0.15) is 77.6 Å². The molecule has 2 unspecified atom stereocenters. The quantitative estimate of drug-likeness (QED) is 0.638. The minimum absolute atomic E-state index is 0.00961. The van der Waals surface area contributed by atoms with E-state index in [9.17, 15) is 23.5 Å². The number of fused-ring (bicyclic) bond motifs is 1. The van der Waals surface area contributed by atoms with Gasteiger partial charge in [-0.15, -0.1) is 0 Å². The van der Waals surface area contributed by atoms with Crippen LogP contribution in [0.5, 0.6) is 0 Å². The zero-order valence-electron chi connectivity index (χ0n) is 21.1. The van der Waals surface area contributed by atoms with Crippen molar-refractivity contribution in [2.75, 3.05) is 13.1 Å². The lowest BCUT2D eigenvalue weighted by Crippen LogP contribution is -2.62. The minimum Gasteiger partial charge on any atom is -0.387 e. The van der Waals surface area contributed by atoms with Crippen LogP contribution in [0.3, 0.4) is 0 Å². The highest BCUT2D eigenvalue weighted by atomic mass is 19.2. The lowest BCUT2D eigenvalue weighted by Gasteiger charge is -2.52. The van der Waals surface area contributed by atoms with Gasteiger partial charge in [0.25, 0.3) is 5.56 Å². The predicted octanol–water partition coefficient (Wildman–Crippen LogP) is 4.81. The number of halogens is 2. The van der Waals surface area contributed by atoms with Gasteiger partial charge in [0, 0.05) is 30.5 Å². The maximum Gasteiger partial charge on any atom is 0.261 e. The Hall–Kier alpha value is -2.35. The topological polar surface area (TPSA) is 75.4 Å². The van der Waals surface area contributed by atoms with E-state index in [4.69, 9.17) is 0 Å². The zero-order chi connectivity index (χ0) is 25.5. The van der Waals surface area contributed by atoms with Crippen LogP contribution >= 0.6 is 0 Å². The van der Waals surface area contributed by atoms with Gasteiger partial charge in [0.2, 0.25) is 5.91 Å². The van der Waals surface area contributed by atoms with Crippen LogP contribution < -0.4 is 5.56 Å². The van der Waals surface area contributed by atoms with Crippen LogP contribution in [-0.4, -0.2) is 44.2 Å². The molecule has 2 saturated carbocycles. The van der Waals surface area contributed by atoms with Crippen molar-refractivity contribution < 1.29 is 18.7 Å². The Morgan fingerprint density at radius 1 is 1.11 bits per heavy atom. The maximum atomic E-state index is 13.8. The lowest BCUT2D eigenvalue weighted by atomic mass is 9.65. The maximum absolute atomic E-state index is 13.8. The molecule has 1 N–H and O–H groups in total. The summed E-state index contributed by atoms with van der Waals surface area (Å²) in [6.45, 7) is 3.00. The van der Waals surface area contributed by atoms with Gasteiger partial charge in [0.15, 0.2) is 11.6 Å². The van der Waals surface area contributed by atoms with E-state index in [1.165, 1.54) is 43.0 Å².